The highest BCUT2D eigenvalue weighted by Gasteiger charge is 2.24. The molecule has 2 aromatic rings. The van der Waals surface area contributed by atoms with Crippen LogP contribution in [0.2, 0.25) is 5.02 Å². The predicted molar refractivity (Wildman–Crippen MR) is 78.2 cm³/mol. The average molecular weight is 356 g/mol. The summed E-state index contributed by atoms with van der Waals surface area (Å²) in [6.07, 6.45) is 0.707. The summed E-state index contributed by atoms with van der Waals surface area (Å²) < 4.78 is 20.0. The van der Waals surface area contributed by atoms with E-state index in [0.717, 1.165) is 5.56 Å². The lowest BCUT2D eigenvalue weighted by Crippen LogP contribution is -2.06. The van der Waals surface area contributed by atoms with Crippen LogP contribution in [0.4, 0.5) is 4.39 Å². The number of hydrogen-bond donors (Lipinski definition) is 0. The molecule has 2 aromatic carbocycles. The van der Waals surface area contributed by atoms with Gasteiger partial charge < -0.3 is 4.74 Å². The number of halogens is 3. The number of carbonyl (C=O) groups excluding carboxylic acids is 1. The zero-order valence-electron chi connectivity index (χ0n) is 10.3. The minimum atomic E-state index is -0.573. The molecule has 2 nitrogen and oxygen atoms in total. The Bertz CT molecular complexity index is 715. The first-order valence-electron chi connectivity index (χ1n) is 6.01. The molecule has 0 fully saturated rings. The summed E-state index contributed by atoms with van der Waals surface area (Å²) in [5.41, 5.74) is 1.21. The molecule has 0 unspecified atom stereocenters. The minimum absolute atomic E-state index is 0.00756. The molecular weight excluding hydrogens is 347 g/mol. The van der Waals surface area contributed by atoms with Crippen molar-refractivity contribution in [3.63, 3.8) is 0 Å². The second-order valence-electron chi connectivity index (χ2n) is 4.49. The van der Waals surface area contributed by atoms with Crippen molar-refractivity contribution in [3.8, 4) is 5.75 Å². The van der Waals surface area contributed by atoms with Gasteiger partial charge >= 0.3 is 0 Å². The van der Waals surface area contributed by atoms with Crippen LogP contribution < -0.4 is 4.74 Å². The molecule has 0 bridgehead atoms. The third-order valence-corrected chi connectivity index (χ3v) is 3.88. The summed E-state index contributed by atoms with van der Waals surface area (Å²) in [5, 5.41) is 0.454. The zero-order valence-corrected chi connectivity index (χ0v) is 12.6. The molecule has 1 aliphatic heterocycles. The van der Waals surface area contributed by atoms with Crippen molar-refractivity contribution < 1.29 is 13.9 Å². The first kappa shape index (κ1) is 13.6. The lowest BCUT2D eigenvalue weighted by atomic mass is 9.99. The Morgan fingerprint density at radius 3 is 2.80 bits per heavy atom. The predicted octanol–water partition coefficient (Wildman–Crippen LogP) is 4.41. The Balaban J connectivity index is 2.11. The number of fused-ring (bicyclic) bond motifs is 1. The first-order chi connectivity index (χ1) is 9.56. The molecule has 102 valence electrons. The van der Waals surface area contributed by atoms with Crippen LogP contribution in [0.15, 0.2) is 34.8 Å². The van der Waals surface area contributed by atoms with Crippen LogP contribution in [0, 0.1) is 5.82 Å². The van der Waals surface area contributed by atoms with E-state index in [1.54, 1.807) is 12.1 Å². The van der Waals surface area contributed by atoms with E-state index < -0.39 is 11.6 Å². The fraction of sp³-hybridized carbons (Fsp3) is 0.133. The van der Waals surface area contributed by atoms with Gasteiger partial charge in [0.2, 0.25) is 0 Å². The molecule has 0 aliphatic carbocycles. The molecule has 5 heteroatoms. The highest BCUT2D eigenvalue weighted by molar-refractivity contribution is 9.10. The monoisotopic (exact) mass is 354 g/mol. The maximum atomic E-state index is 13.9. The Hall–Kier alpha value is -1.39. The van der Waals surface area contributed by atoms with E-state index in [1.165, 1.54) is 18.2 Å². The van der Waals surface area contributed by atoms with E-state index in [-0.39, 0.29) is 5.56 Å². The summed E-state index contributed by atoms with van der Waals surface area (Å²) in [6, 6.07) is 7.64. The minimum Gasteiger partial charge on any atom is -0.492 e. The van der Waals surface area contributed by atoms with Crippen molar-refractivity contribution in [1.82, 2.24) is 0 Å². The van der Waals surface area contributed by atoms with E-state index in [1.807, 2.05) is 0 Å². The molecule has 1 aliphatic rings. The van der Waals surface area contributed by atoms with E-state index in [2.05, 4.69) is 15.9 Å². The third-order valence-electron chi connectivity index (χ3n) is 3.17. The van der Waals surface area contributed by atoms with Gasteiger partial charge in [0.05, 0.1) is 17.7 Å². The molecule has 0 atom stereocenters. The van der Waals surface area contributed by atoms with Gasteiger partial charge in [-0.2, -0.15) is 0 Å². The largest absolute Gasteiger partial charge is 0.492 e. The van der Waals surface area contributed by atoms with Crippen molar-refractivity contribution in [2.75, 3.05) is 6.61 Å². The molecule has 0 saturated heterocycles. The normalized spacial score (nSPS) is 12.9. The van der Waals surface area contributed by atoms with Crippen LogP contribution in [0.5, 0.6) is 5.75 Å². The molecule has 0 radical (unpaired) electrons. The van der Waals surface area contributed by atoms with Gasteiger partial charge in [-0.15, -0.1) is 0 Å². The van der Waals surface area contributed by atoms with Gasteiger partial charge in [-0.05, 0) is 35.9 Å². The highest BCUT2D eigenvalue weighted by Crippen LogP contribution is 2.34. The molecule has 3 rings (SSSR count). The molecule has 1 heterocycles. The topological polar surface area (TPSA) is 26.3 Å². The van der Waals surface area contributed by atoms with Gasteiger partial charge in [0, 0.05) is 15.9 Å². The lowest BCUT2D eigenvalue weighted by Gasteiger charge is -2.09. The quantitative estimate of drug-likeness (QED) is 0.746. The van der Waals surface area contributed by atoms with Gasteiger partial charge in [0.15, 0.2) is 5.78 Å². The van der Waals surface area contributed by atoms with Crippen LogP contribution in [-0.2, 0) is 6.42 Å². The van der Waals surface area contributed by atoms with E-state index >= 15 is 0 Å². The van der Waals surface area contributed by atoms with Crippen molar-refractivity contribution in [2.24, 2.45) is 0 Å². The van der Waals surface area contributed by atoms with Gasteiger partial charge in [-0.3, -0.25) is 4.79 Å². The van der Waals surface area contributed by atoms with Crippen molar-refractivity contribution in [2.45, 2.75) is 6.42 Å². The van der Waals surface area contributed by atoms with Gasteiger partial charge in [-0.25, -0.2) is 4.39 Å². The molecular formula is C15H9BrClFO2. The standard InChI is InChI=1S/C15H9BrClFO2/c16-9-1-2-11(13(18)6-9)14(19)12-7-10(17)5-8-3-4-20-15(8)12/h1-2,5-7H,3-4H2. The Morgan fingerprint density at radius 2 is 2.05 bits per heavy atom. The third kappa shape index (κ3) is 2.34. The van der Waals surface area contributed by atoms with Crippen LogP contribution in [0.25, 0.3) is 0 Å². The van der Waals surface area contributed by atoms with Gasteiger partial charge in [0.1, 0.15) is 11.6 Å². The smallest absolute Gasteiger partial charge is 0.199 e. The molecule has 20 heavy (non-hydrogen) atoms. The Morgan fingerprint density at radius 1 is 1.25 bits per heavy atom. The lowest BCUT2D eigenvalue weighted by molar-refractivity contribution is 0.103. The average Bonchev–Trinajstić information content (AvgIpc) is 2.85. The maximum Gasteiger partial charge on any atom is 0.199 e. The second kappa shape index (κ2) is 5.19. The summed E-state index contributed by atoms with van der Waals surface area (Å²) >= 11 is 9.18. The van der Waals surface area contributed by atoms with Crippen molar-refractivity contribution in [1.29, 1.82) is 0 Å². The molecule has 0 N–H and O–H groups in total. The zero-order chi connectivity index (χ0) is 14.3. The van der Waals surface area contributed by atoms with Crippen molar-refractivity contribution in [3.05, 3.63) is 62.3 Å². The molecule has 0 amide bonds. The fourth-order valence-corrected chi connectivity index (χ4v) is 2.83. The summed E-state index contributed by atoms with van der Waals surface area (Å²) in [4.78, 5) is 12.5. The Labute approximate surface area is 128 Å². The van der Waals surface area contributed by atoms with E-state index in [9.17, 15) is 9.18 Å². The van der Waals surface area contributed by atoms with Crippen LogP contribution >= 0.6 is 27.5 Å². The van der Waals surface area contributed by atoms with E-state index in [0.29, 0.717) is 33.8 Å². The number of benzene rings is 2. The second-order valence-corrected chi connectivity index (χ2v) is 5.85. The van der Waals surface area contributed by atoms with Gasteiger partial charge in [0.25, 0.3) is 0 Å². The number of ketones is 1. The number of hydrogen-bond acceptors (Lipinski definition) is 2. The number of ether oxygens (including phenoxy) is 1. The summed E-state index contributed by atoms with van der Waals surface area (Å²) in [5.74, 6) is -0.478. The number of rotatable bonds is 2. The van der Waals surface area contributed by atoms with Crippen molar-refractivity contribution >= 4 is 33.3 Å². The summed E-state index contributed by atoms with van der Waals surface area (Å²) in [6.45, 7) is 0.513. The maximum absolute atomic E-state index is 13.9. The van der Waals surface area contributed by atoms with Crippen LogP contribution in [-0.4, -0.2) is 12.4 Å². The molecule has 0 saturated carbocycles. The molecule has 0 spiro atoms. The first-order valence-corrected chi connectivity index (χ1v) is 7.18. The fourth-order valence-electron chi connectivity index (χ4n) is 2.26. The van der Waals surface area contributed by atoms with Crippen LogP contribution in [0.3, 0.4) is 0 Å². The molecule has 0 aromatic heterocycles. The number of carbonyl (C=O) groups is 1. The van der Waals surface area contributed by atoms with Gasteiger partial charge in [-0.1, -0.05) is 27.5 Å². The SMILES string of the molecule is O=C(c1ccc(Br)cc1F)c1cc(Cl)cc2c1OCC2. The Kier molecular flexibility index (Phi) is 3.52. The highest BCUT2D eigenvalue weighted by atomic mass is 79.9. The van der Waals surface area contributed by atoms with E-state index in [4.69, 9.17) is 16.3 Å². The summed E-state index contributed by atoms with van der Waals surface area (Å²) in [7, 11) is 0. The van der Waals surface area contributed by atoms with Crippen LogP contribution in [0.1, 0.15) is 21.5 Å².